The Kier molecular flexibility index (Phi) is 5.20. The molecular weight excluding hydrogens is 348 g/mol. The van der Waals surface area contributed by atoms with Crippen LogP contribution in [-0.2, 0) is 6.54 Å². The second-order valence-corrected chi connectivity index (χ2v) is 7.23. The van der Waals surface area contributed by atoms with Gasteiger partial charge in [0.05, 0.1) is 18.3 Å². The Balaban J connectivity index is 1.50. The summed E-state index contributed by atoms with van der Waals surface area (Å²) in [4.78, 5) is 18.8. The smallest absolute Gasteiger partial charge is 0.253 e. The van der Waals surface area contributed by atoms with Crippen molar-refractivity contribution >= 4 is 5.91 Å². The number of carbonyl (C=O) groups excluding carboxylic acids is 1. The summed E-state index contributed by atoms with van der Waals surface area (Å²) in [6.45, 7) is 2.04. The van der Waals surface area contributed by atoms with Gasteiger partial charge in [-0.15, -0.1) is 0 Å². The van der Waals surface area contributed by atoms with Crippen LogP contribution in [0.2, 0.25) is 0 Å². The van der Waals surface area contributed by atoms with Gasteiger partial charge >= 0.3 is 0 Å². The van der Waals surface area contributed by atoms with Crippen molar-refractivity contribution in [1.82, 2.24) is 14.5 Å². The number of amides is 1. The molecule has 1 aliphatic rings. The number of hydrogen-bond acceptors (Lipinski definition) is 3. The highest BCUT2D eigenvalue weighted by atomic mass is 16.2. The normalized spacial score (nSPS) is 16.5. The van der Waals surface area contributed by atoms with Crippen molar-refractivity contribution in [2.75, 3.05) is 13.1 Å². The molecule has 5 nitrogen and oxygen atoms in total. The molecule has 1 fully saturated rings. The molecule has 2 heterocycles. The van der Waals surface area contributed by atoms with Crippen LogP contribution in [0.3, 0.4) is 0 Å². The van der Waals surface area contributed by atoms with E-state index in [1.165, 1.54) is 5.56 Å². The van der Waals surface area contributed by atoms with Gasteiger partial charge in [-0.3, -0.25) is 4.79 Å². The van der Waals surface area contributed by atoms with E-state index in [9.17, 15) is 4.79 Å². The molecule has 1 aromatic heterocycles. The summed E-state index contributed by atoms with van der Waals surface area (Å²) >= 11 is 0. The van der Waals surface area contributed by atoms with Crippen LogP contribution >= 0.6 is 0 Å². The number of nitrogens with zero attached hydrogens (tertiary/aromatic N) is 4. The van der Waals surface area contributed by atoms with Crippen molar-refractivity contribution in [2.24, 2.45) is 5.92 Å². The highest BCUT2D eigenvalue weighted by Gasteiger charge is 2.24. The molecule has 0 spiro atoms. The summed E-state index contributed by atoms with van der Waals surface area (Å²) in [5, 5.41) is 9.16. The number of rotatable bonds is 4. The SMILES string of the molecule is N#C[C@@H]1CCCN(C(=O)c2cccc(-c3ccc(Cn4ccnc4)cc3)c2)C1. The minimum Gasteiger partial charge on any atom is -0.337 e. The standard InChI is InChI=1S/C23H22N4O/c24-14-19-3-2-11-27(16-19)23(28)22-5-1-4-21(13-22)20-8-6-18(7-9-20)15-26-12-10-25-17-26/h1,4-10,12-13,17,19H,2-3,11,15-16H2/t19-/m0/s1. The van der Waals surface area contributed by atoms with Crippen molar-refractivity contribution in [3.8, 4) is 17.2 Å². The van der Waals surface area contributed by atoms with Gasteiger partial charge in [0.15, 0.2) is 0 Å². The van der Waals surface area contributed by atoms with E-state index in [0.29, 0.717) is 12.1 Å². The largest absolute Gasteiger partial charge is 0.337 e. The highest BCUT2D eigenvalue weighted by molar-refractivity contribution is 5.95. The Hall–Kier alpha value is -3.39. The molecule has 5 heteroatoms. The van der Waals surface area contributed by atoms with E-state index in [-0.39, 0.29) is 11.8 Å². The fourth-order valence-electron chi connectivity index (χ4n) is 3.68. The number of imidazole rings is 1. The molecule has 1 atom stereocenters. The lowest BCUT2D eigenvalue weighted by atomic mass is 9.98. The van der Waals surface area contributed by atoms with Crippen molar-refractivity contribution in [2.45, 2.75) is 19.4 Å². The summed E-state index contributed by atoms with van der Waals surface area (Å²) in [5.41, 5.74) is 3.98. The minimum atomic E-state index is -0.0519. The predicted molar refractivity (Wildman–Crippen MR) is 107 cm³/mol. The van der Waals surface area contributed by atoms with Gasteiger partial charge in [-0.05, 0) is 41.7 Å². The molecule has 0 bridgehead atoms. The van der Waals surface area contributed by atoms with Crippen LogP contribution in [-0.4, -0.2) is 33.4 Å². The van der Waals surface area contributed by atoms with Gasteiger partial charge in [0.25, 0.3) is 5.91 Å². The summed E-state index contributed by atoms with van der Waals surface area (Å²) in [6, 6.07) is 18.4. The van der Waals surface area contributed by atoms with Crippen molar-refractivity contribution < 1.29 is 4.79 Å². The molecule has 1 saturated heterocycles. The molecule has 1 amide bonds. The van der Waals surface area contributed by atoms with Crippen LogP contribution in [0.5, 0.6) is 0 Å². The van der Waals surface area contributed by atoms with E-state index in [1.54, 1.807) is 12.5 Å². The lowest BCUT2D eigenvalue weighted by Gasteiger charge is -2.29. The molecule has 2 aromatic carbocycles. The molecule has 0 aliphatic carbocycles. The van der Waals surface area contributed by atoms with Crippen molar-refractivity contribution in [3.05, 3.63) is 78.4 Å². The first-order chi connectivity index (χ1) is 13.7. The molecule has 1 aliphatic heterocycles. The average Bonchev–Trinajstić information content (AvgIpc) is 3.27. The maximum atomic E-state index is 12.9. The van der Waals surface area contributed by atoms with Gasteiger partial charge in [0.1, 0.15) is 0 Å². The van der Waals surface area contributed by atoms with Gasteiger partial charge in [0.2, 0.25) is 0 Å². The number of nitriles is 1. The zero-order valence-electron chi connectivity index (χ0n) is 15.7. The van der Waals surface area contributed by atoms with Crippen LogP contribution in [0.15, 0.2) is 67.3 Å². The van der Waals surface area contributed by atoms with Gasteiger partial charge in [-0.25, -0.2) is 4.98 Å². The fraction of sp³-hybridized carbons (Fsp3) is 0.261. The molecule has 3 aromatic rings. The van der Waals surface area contributed by atoms with E-state index in [2.05, 4.69) is 35.3 Å². The molecule has 0 N–H and O–H groups in total. The van der Waals surface area contributed by atoms with E-state index in [4.69, 9.17) is 5.26 Å². The Labute approximate surface area is 164 Å². The summed E-state index contributed by atoms with van der Waals surface area (Å²) in [7, 11) is 0. The second-order valence-electron chi connectivity index (χ2n) is 7.23. The molecule has 0 saturated carbocycles. The van der Waals surface area contributed by atoms with Crippen molar-refractivity contribution in [3.63, 3.8) is 0 Å². The number of hydrogen-bond donors (Lipinski definition) is 0. The predicted octanol–water partition coefficient (Wildman–Crippen LogP) is 3.97. The number of likely N-dealkylation sites (tertiary alicyclic amines) is 1. The average molecular weight is 370 g/mol. The highest BCUT2D eigenvalue weighted by Crippen LogP contribution is 2.23. The Morgan fingerprint density at radius 3 is 2.79 bits per heavy atom. The van der Waals surface area contributed by atoms with Crippen LogP contribution in [0.25, 0.3) is 11.1 Å². The van der Waals surface area contributed by atoms with Gasteiger partial charge < -0.3 is 9.47 Å². The molecular formula is C23H22N4O. The third-order valence-electron chi connectivity index (χ3n) is 5.21. The second kappa shape index (κ2) is 8.10. The molecule has 4 rings (SSSR count). The lowest BCUT2D eigenvalue weighted by molar-refractivity contribution is 0.0699. The van der Waals surface area contributed by atoms with Crippen LogP contribution in [0, 0.1) is 17.2 Å². The van der Waals surface area contributed by atoms with Gasteiger partial charge in [0, 0.05) is 37.6 Å². The lowest BCUT2D eigenvalue weighted by Crippen LogP contribution is -2.39. The first-order valence-corrected chi connectivity index (χ1v) is 9.57. The molecule has 0 unspecified atom stereocenters. The summed E-state index contributed by atoms with van der Waals surface area (Å²) in [5.74, 6) is -0.0394. The maximum absolute atomic E-state index is 12.9. The van der Waals surface area contributed by atoms with E-state index in [0.717, 1.165) is 37.1 Å². The zero-order chi connectivity index (χ0) is 19.3. The zero-order valence-corrected chi connectivity index (χ0v) is 15.7. The van der Waals surface area contributed by atoms with Crippen molar-refractivity contribution in [1.29, 1.82) is 5.26 Å². The first kappa shape index (κ1) is 18.0. The molecule has 140 valence electrons. The van der Waals surface area contributed by atoms with Crippen LogP contribution in [0.1, 0.15) is 28.8 Å². The Morgan fingerprint density at radius 1 is 1.18 bits per heavy atom. The van der Waals surface area contributed by atoms with Gasteiger partial charge in [-0.1, -0.05) is 36.4 Å². The van der Waals surface area contributed by atoms with E-state index in [1.807, 2.05) is 39.9 Å². The van der Waals surface area contributed by atoms with E-state index >= 15 is 0 Å². The third-order valence-corrected chi connectivity index (χ3v) is 5.21. The number of benzene rings is 2. The van der Waals surface area contributed by atoms with Crippen LogP contribution in [0.4, 0.5) is 0 Å². The molecule has 0 radical (unpaired) electrons. The minimum absolute atomic E-state index is 0.0125. The number of piperidine rings is 1. The van der Waals surface area contributed by atoms with Gasteiger partial charge in [-0.2, -0.15) is 5.26 Å². The first-order valence-electron chi connectivity index (χ1n) is 9.57. The third kappa shape index (κ3) is 3.96. The quantitative estimate of drug-likeness (QED) is 0.698. The van der Waals surface area contributed by atoms with Crippen LogP contribution < -0.4 is 0 Å². The Morgan fingerprint density at radius 2 is 2.04 bits per heavy atom. The Bertz CT molecular complexity index is 986. The number of carbonyl (C=O) groups is 1. The number of aromatic nitrogens is 2. The topological polar surface area (TPSA) is 61.9 Å². The summed E-state index contributed by atoms with van der Waals surface area (Å²) < 4.78 is 2.03. The summed E-state index contributed by atoms with van der Waals surface area (Å²) in [6.07, 6.45) is 7.30. The van der Waals surface area contributed by atoms with E-state index < -0.39 is 0 Å². The molecule has 28 heavy (non-hydrogen) atoms. The monoisotopic (exact) mass is 370 g/mol. The fourth-order valence-corrected chi connectivity index (χ4v) is 3.68. The maximum Gasteiger partial charge on any atom is 0.253 e.